The SMILES string of the molecule is CCCCC/C=C\C(CCCCCCC(=O)NCC(=O)NC(CO)C(=O)O)OC(=O)CCCCCCCCCC. The zero-order valence-electron chi connectivity index (χ0n) is 25.1. The minimum Gasteiger partial charge on any atom is -0.480 e. The molecule has 2 amide bonds. The summed E-state index contributed by atoms with van der Waals surface area (Å²) in [4.78, 5) is 46.9. The molecule has 0 saturated heterocycles. The Balaban J connectivity index is 4.22. The van der Waals surface area contributed by atoms with E-state index in [9.17, 15) is 19.2 Å². The van der Waals surface area contributed by atoms with Crippen molar-refractivity contribution in [3.05, 3.63) is 12.2 Å². The van der Waals surface area contributed by atoms with E-state index in [1.54, 1.807) is 0 Å². The molecule has 0 aliphatic heterocycles. The first kappa shape index (κ1) is 37.6. The summed E-state index contributed by atoms with van der Waals surface area (Å²) in [5, 5.41) is 22.4. The number of carboxylic acid groups (broad SMARTS) is 1. The second-order valence-electron chi connectivity index (χ2n) is 10.5. The van der Waals surface area contributed by atoms with Crippen LogP contribution in [0.5, 0.6) is 0 Å². The molecule has 0 saturated carbocycles. The normalized spacial score (nSPS) is 12.7. The fraction of sp³-hybridized carbons (Fsp3) is 0.806. The molecular formula is C31H56N2O7. The number of rotatable bonds is 27. The topological polar surface area (TPSA) is 142 Å². The lowest BCUT2D eigenvalue weighted by atomic mass is 10.1. The van der Waals surface area contributed by atoms with Crippen molar-refractivity contribution < 1.29 is 34.1 Å². The third-order valence-electron chi connectivity index (χ3n) is 6.75. The van der Waals surface area contributed by atoms with Gasteiger partial charge in [0.15, 0.2) is 0 Å². The van der Waals surface area contributed by atoms with Crippen LogP contribution in [0.4, 0.5) is 0 Å². The summed E-state index contributed by atoms with van der Waals surface area (Å²) in [5.41, 5.74) is 0. The molecule has 0 aliphatic rings. The van der Waals surface area contributed by atoms with Crippen molar-refractivity contribution in [3.8, 4) is 0 Å². The Morgan fingerprint density at radius 3 is 1.95 bits per heavy atom. The first-order valence-corrected chi connectivity index (χ1v) is 15.6. The van der Waals surface area contributed by atoms with Gasteiger partial charge in [0.1, 0.15) is 12.1 Å². The van der Waals surface area contributed by atoms with E-state index >= 15 is 0 Å². The first-order valence-electron chi connectivity index (χ1n) is 15.6. The van der Waals surface area contributed by atoms with Crippen LogP contribution in [0.25, 0.3) is 0 Å². The van der Waals surface area contributed by atoms with Crippen LogP contribution in [0.15, 0.2) is 12.2 Å². The van der Waals surface area contributed by atoms with Crippen LogP contribution in [-0.2, 0) is 23.9 Å². The van der Waals surface area contributed by atoms with E-state index in [2.05, 4.69) is 30.6 Å². The van der Waals surface area contributed by atoms with Gasteiger partial charge in [-0.2, -0.15) is 0 Å². The number of carbonyl (C=O) groups excluding carboxylic acids is 3. The molecule has 9 heteroatoms. The Labute approximate surface area is 241 Å². The second-order valence-corrected chi connectivity index (χ2v) is 10.5. The lowest BCUT2D eigenvalue weighted by Gasteiger charge is -2.15. The molecule has 0 aromatic rings. The highest BCUT2D eigenvalue weighted by molar-refractivity contribution is 5.87. The number of aliphatic hydroxyl groups is 1. The molecule has 0 bridgehead atoms. The Hall–Kier alpha value is -2.42. The Morgan fingerprint density at radius 1 is 0.750 bits per heavy atom. The maximum atomic E-state index is 12.4. The molecule has 0 radical (unpaired) electrons. The summed E-state index contributed by atoms with van der Waals surface area (Å²) < 4.78 is 5.79. The molecule has 0 aromatic heterocycles. The Morgan fingerprint density at radius 2 is 1.32 bits per heavy atom. The van der Waals surface area contributed by atoms with Gasteiger partial charge in [0.05, 0.1) is 13.2 Å². The third kappa shape index (κ3) is 23.5. The van der Waals surface area contributed by atoms with Crippen molar-refractivity contribution in [1.82, 2.24) is 10.6 Å². The molecule has 4 N–H and O–H groups in total. The van der Waals surface area contributed by atoms with Crippen molar-refractivity contribution in [2.45, 2.75) is 148 Å². The van der Waals surface area contributed by atoms with Crippen molar-refractivity contribution in [3.63, 3.8) is 0 Å². The van der Waals surface area contributed by atoms with Gasteiger partial charge in [0.2, 0.25) is 11.8 Å². The van der Waals surface area contributed by atoms with Gasteiger partial charge in [0, 0.05) is 12.8 Å². The molecule has 232 valence electrons. The highest BCUT2D eigenvalue weighted by Gasteiger charge is 2.18. The molecule has 0 aliphatic carbocycles. The third-order valence-corrected chi connectivity index (χ3v) is 6.75. The predicted molar refractivity (Wildman–Crippen MR) is 158 cm³/mol. The largest absolute Gasteiger partial charge is 0.480 e. The van der Waals surface area contributed by atoms with Crippen molar-refractivity contribution in [1.29, 1.82) is 0 Å². The van der Waals surface area contributed by atoms with E-state index < -0.39 is 24.5 Å². The number of aliphatic hydroxyl groups excluding tert-OH is 1. The minimum atomic E-state index is -1.39. The quantitative estimate of drug-likeness (QED) is 0.0575. The zero-order valence-corrected chi connectivity index (χ0v) is 25.1. The van der Waals surface area contributed by atoms with Gasteiger partial charge in [-0.3, -0.25) is 14.4 Å². The van der Waals surface area contributed by atoms with Crippen molar-refractivity contribution in [2.75, 3.05) is 13.2 Å². The number of carbonyl (C=O) groups is 4. The standard InChI is InChI=1S/C31H56N2O7/c1-3-5-7-9-10-11-13-19-23-30(37)40-26(20-16-12-8-6-4-2)21-17-14-15-18-22-28(35)32-24-29(36)33-27(25-34)31(38)39/h16,20,26-27,34H,3-15,17-19,21-25H2,1-2H3,(H,32,35)(H,33,36)(H,38,39)/b20-16-. The number of amides is 2. The summed E-state index contributed by atoms with van der Waals surface area (Å²) in [5.74, 6) is -2.41. The minimum absolute atomic E-state index is 0.122. The van der Waals surface area contributed by atoms with Crippen molar-refractivity contribution >= 4 is 23.8 Å². The van der Waals surface area contributed by atoms with Crippen LogP contribution >= 0.6 is 0 Å². The van der Waals surface area contributed by atoms with Crippen LogP contribution < -0.4 is 10.6 Å². The van der Waals surface area contributed by atoms with Crippen LogP contribution in [0, 0.1) is 0 Å². The van der Waals surface area contributed by atoms with E-state index in [1.165, 1.54) is 51.4 Å². The van der Waals surface area contributed by atoms with E-state index in [0.717, 1.165) is 51.4 Å². The molecule has 2 unspecified atom stereocenters. The highest BCUT2D eigenvalue weighted by atomic mass is 16.5. The predicted octanol–water partition coefficient (Wildman–Crippen LogP) is 5.58. The van der Waals surface area contributed by atoms with Gasteiger partial charge < -0.3 is 25.6 Å². The smallest absolute Gasteiger partial charge is 0.328 e. The summed E-state index contributed by atoms with van der Waals surface area (Å²) in [6.07, 6.45) is 22.8. The number of allylic oxidation sites excluding steroid dienone is 1. The number of hydrogen-bond acceptors (Lipinski definition) is 6. The van der Waals surface area contributed by atoms with Gasteiger partial charge >= 0.3 is 11.9 Å². The molecule has 2 atom stereocenters. The number of hydrogen-bond donors (Lipinski definition) is 4. The van der Waals surface area contributed by atoms with Gasteiger partial charge in [-0.25, -0.2) is 4.79 Å². The molecule has 0 heterocycles. The number of nitrogens with one attached hydrogen (secondary N) is 2. The van der Waals surface area contributed by atoms with Gasteiger partial charge in [-0.15, -0.1) is 0 Å². The number of unbranched alkanes of at least 4 members (excludes halogenated alkanes) is 13. The average Bonchev–Trinajstić information content (AvgIpc) is 2.93. The maximum Gasteiger partial charge on any atom is 0.328 e. The molecular weight excluding hydrogens is 512 g/mol. The van der Waals surface area contributed by atoms with Crippen LogP contribution in [0.1, 0.15) is 136 Å². The van der Waals surface area contributed by atoms with Gasteiger partial charge in [-0.05, 0) is 44.6 Å². The van der Waals surface area contributed by atoms with E-state index in [1.807, 2.05) is 6.08 Å². The van der Waals surface area contributed by atoms with Crippen LogP contribution in [0.2, 0.25) is 0 Å². The van der Waals surface area contributed by atoms with Crippen LogP contribution in [-0.4, -0.2) is 59.3 Å². The summed E-state index contributed by atoms with van der Waals surface area (Å²) in [6, 6.07) is -1.39. The monoisotopic (exact) mass is 568 g/mol. The van der Waals surface area contributed by atoms with E-state index in [0.29, 0.717) is 12.8 Å². The molecule has 0 aromatic carbocycles. The number of esters is 1. The van der Waals surface area contributed by atoms with Crippen LogP contribution in [0.3, 0.4) is 0 Å². The summed E-state index contributed by atoms with van der Waals surface area (Å²) in [7, 11) is 0. The average molecular weight is 569 g/mol. The van der Waals surface area contributed by atoms with E-state index in [-0.39, 0.29) is 30.9 Å². The number of aliphatic carboxylic acids is 1. The first-order chi connectivity index (χ1) is 19.3. The lowest BCUT2D eigenvalue weighted by molar-refractivity contribution is -0.147. The molecule has 0 fully saturated rings. The summed E-state index contributed by atoms with van der Waals surface area (Å²) >= 11 is 0. The van der Waals surface area contributed by atoms with E-state index in [4.69, 9.17) is 14.9 Å². The number of ether oxygens (including phenoxy) is 1. The molecule has 40 heavy (non-hydrogen) atoms. The maximum absolute atomic E-state index is 12.4. The lowest BCUT2D eigenvalue weighted by Crippen LogP contribution is -2.47. The van der Waals surface area contributed by atoms with Gasteiger partial charge in [0.25, 0.3) is 0 Å². The molecule has 0 spiro atoms. The van der Waals surface area contributed by atoms with Gasteiger partial charge in [-0.1, -0.05) is 90.6 Å². The molecule has 0 rings (SSSR count). The zero-order chi connectivity index (χ0) is 29.8. The second kappa shape index (κ2) is 26.8. The highest BCUT2D eigenvalue weighted by Crippen LogP contribution is 2.14. The Bertz CT molecular complexity index is 712. The summed E-state index contributed by atoms with van der Waals surface area (Å²) in [6.45, 7) is 3.34. The fourth-order valence-corrected chi connectivity index (χ4v) is 4.27. The number of carboxylic acids is 1. The Kier molecular flexibility index (Phi) is 25.2. The fourth-order valence-electron chi connectivity index (χ4n) is 4.27. The van der Waals surface area contributed by atoms with Crippen molar-refractivity contribution in [2.24, 2.45) is 0 Å². The molecule has 9 nitrogen and oxygen atoms in total.